The van der Waals surface area contributed by atoms with Gasteiger partial charge in [0.25, 0.3) is 0 Å². The van der Waals surface area contributed by atoms with Gasteiger partial charge in [-0.3, -0.25) is 0 Å². The predicted molar refractivity (Wildman–Crippen MR) is 89.6 cm³/mol. The first kappa shape index (κ1) is 15.2. The molecule has 0 spiro atoms. The van der Waals surface area contributed by atoms with Crippen molar-refractivity contribution in [3.8, 4) is 0 Å². The highest BCUT2D eigenvalue weighted by molar-refractivity contribution is 9.10. The lowest BCUT2D eigenvalue weighted by Gasteiger charge is -2.31. The van der Waals surface area contributed by atoms with Crippen LogP contribution in [-0.4, -0.2) is 34.1 Å². The summed E-state index contributed by atoms with van der Waals surface area (Å²) in [5.74, 6) is 0.372. The third kappa shape index (κ3) is 3.07. The molecular formula is C15H19BrFN3S. The van der Waals surface area contributed by atoms with Crippen molar-refractivity contribution in [2.24, 2.45) is 5.92 Å². The summed E-state index contributed by atoms with van der Waals surface area (Å²) in [5.41, 5.74) is 1.75. The Morgan fingerprint density at radius 1 is 1.38 bits per heavy atom. The molecule has 0 radical (unpaired) electrons. The van der Waals surface area contributed by atoms with E-state index >= 15 is 0 Å². The van der Waals surface area contributed by atoms with Crippen LogP contribution in [0.2, 0.25) is 0 Å². The van der Waals surface area contributed by atoms with E-state index in [1.165, 1.54) is 12.8 Å². The summed E-state index contributed by atoms with van der Waals surface area (Å²) in [4.78, 5) is 5.65. The zero-order valence-corrected chi connectivity index (χ0v) is 14.4. The van der Waals surface area contributed by atoms with Crippen molar-refractivity contribution in [3.05, 3.63) is 27.2 Å². The SMILES string of the molecule is CCN1CCC(Cn2c(=S)[nH]c3cc(Br)c(F)cc32)CC1. The van der Waals surface area contributed by atoms with E-state index in [2.05, 4.69) is 32.7 Å². The minimum absolute atomic E-state index is 0.244. The van der Waals surface area contributed by atoms with Crippen molar-refractivity contribution in [2.75, 3.05) is 19.6 Å². The average molecular weight is 372 g/mol. The van der Waals surface area contributed by atoms with Gasteiger partial charge >= 0.3 is 0 Å². The van der Waals surface area contributed by atoms with Gasteiger partial charge in [0.05, 0.1) is 15.5 Å². The Labute approximate surface area is 137 Å². The zero-order valence-electron chi connectivity index (χ0n) is 12.0. The molecule has 114 valence electrons. The first-order valence-corrected chi connectivity index (χ1v) is 8.58. The van der Waals surface area contributed by atoms with Crippen LogP contribution in [0.1, 0.15) is 19.8 Å². The number of fused-ring (bicyclic) bond motifs is 1. The minimum atomic E-state index is -0.244. The lowest BCUT2D eigenvalue weighted by molar-refractivity contribution is 0.181. The number of halogens is 2. The van der Waals surface area contributed by atoms with Crippen LogP contribution in [0.5, 0.6) is 0 Å². The van der Waals surface area contributed by atoms with Crippen molar-refractivity contribution in [3.63, 3.8) is 0 Å². The van der Waals surface area contributed by atoms with Crippen LogP contribution in [-0.2, 0) is 6.54 Å². The molecule has 1 fully saturated rings. The number of aromatic amines is 1. The summed E-state index contributed by atoms with van der Waals surface area (Å²) in [5, 5.41) is 0. The predicted octanol–water partition coefficient (Wildman–Crippen LogP) is 4.33. The number of hydrogen-bond donors (Lipinski definition) is 1. The topological polar surface area (TPSA) is 24.0 Å². The second kappa shape index (κ2) is 6.18. The molecule has 0 atom stereocenters. The Kier molecular flexibility index (Phi) is 4.47. The van der Waals surface area contributed by atoms with Crippen molar-refractivity contribution < 1.29 is 4.39 Å². The maximum Gasteiger partial charge on any atom is 0.178 e. The van der Waals surface area contributed by atoms with Crippen LogP contribution >= 0.6 is 28.1 Å². The molecule has 1 saturated heterocycles. The lowest BCUT2D eigenvalue weighted by Crippen LogP contribution is -2.34. The van der Waals surface area contributed by atoms with Crippen LogP contribution in [0.4, 0.5) is 4.39 Å². The van der Waals surface area contributed by atoms with Crippen LogP contribution in [0, 0.1) is 16.5 Å². The fraction of sp³-hybridized carbons (Fsp3) is 0.533. The van der Waals surface area contributed by atoms with Gasteiger partial charge in [0.2, 0.25) is 0 Å². The zero-order chi connectivity index (χ0) is 15.0. The van der Waals surface area contributed by atoms with Crippen LogP contribution in [0.25, 0.3) is 11.0 Å². The van der Waals surface area contributed by atoms with Gasteiger partial charge in [-0.15, -0.1) is 0 Å². The molecular weight excluding hydrogens is 353 g/mol. The van der Waals surface area contributed by atoms with E-state index in [1.54, 1.807) is 12.1 Å². The second-order valence-electron chi connectivity index (χ2n) is 5.70. The standard InChI is InChI=1S/C15H19BrFN3S/c1-2-19-5-3-10(4-6-19)9-20-14-8-12(17)11(16)7-13(14)18-15(20)21/h7-8,10H,2-6,9H2,1H3,(H,18,21). The third-order valence-electron chi connectivity index (χ3n) is 4.41. The molecule has 3 rings (SSSR count). The van der Waals surface area contributed by atoms with Gasteiger partial charge in [0, 0.05) is 12.6 Å². The van der Waals surface area contributed by atoms with Gasteiger partial charge in [-0.2, -0.15) is 0 Å². The van der Waals surface area contributed by atoms with E-state index in [-0.39, 0.29) is 5.82 Å². The number of rotatable bonds is 3. The Bertz CT molecular complexity index is 701. The Morgan fingerprint density at radius 3 is 2.76 bits per heavy atom. The Morgan fingerprint density at radius 2 is 2.10 bits per heavy atom. The molecule has 2 heterocycles. The number of imidazole rings is 1. The highest BCUT2D eigenvalue weighted by atomic mass is 79.9. The second-order valence-corrected chi connectivity index (χ2v) is 6.94. The number of benzene rings is 1. The molecule has 1 aromatic heterocycles. The summed E-state index contributed by atoms with van der Waals surface area (Å²) >= 11 is 8.63. The fourth-order valence-electron chi connectivity index (χ4n) is 3.08. The number of aromatic nitrogens is 2. The quantitative estimate of drug-likeness (QED) is 0.811. The van der Waals surface area contributed by atoms with Gasteiger partial charge in [-0.25, -0.2) is 4.39 Å². The van der Waals surface area contributed by atoms with Gasteiger partial charge in [0.15, 0.2) is 4.77 Å². The monoisotopic (exact) mass is 371 g/mol. The molecule has 21 heavy (non-hydrogen) atoms. The van der Waals surface area contributed by atoms with Crippen molar-refractivity contribution in [1.29, 1.82) is 0 Å². The largest absolute Gasteiger partial charge is 0.331 e. The number of nitrogens with one attached hydrogen (secondary N) is 1. The smallest absolute Gasteiger partial charge is 0.178 e. The fourth-order valence-corrected chi connectivity index (χ4v) is 3.70. The molecule has 0 amide bonds. The van der Waals surface area contributed by atoms with E-state index in [1.807, 2.05) is 4.57 Å². The molecule has 1 N–H and O–H groups in total. The molecule has 0 saturated carbocycles. The summed E-state index contributed by atoms with van der Waals surface area (Å²) in [6.45, 7) is 6.50. The minimum Gasteiger partial charge on any atom is -0.331 e. The molecule has 0 bridgehead atoms. The van der Waals surface area contributed by atoms with Gasteiger partial charge < -0.3 is 14.5 Å². The molecule has 6 heteroatoms. The number of likely N-dealkylation sites (tertiary alicyclic amines) is 1. The number of hydrogen-bond acceptors (Lipinski definition) is 2. The maximum absolute atomic E-state index is 13.8. The summed E-state index contributed by atoms with van der Waals surface area (Å²) in [7, 11) is 0. The van der Waals surface area contributed by atoms with Gasteiger partial charge in [0.1, 0.15) is 5.82 Å². The van der Waals surface area contributed by atoms with E-state index in [4.69, 9.17) is 12.2 Å². The molecule has 1 aliphatic heterocycles. The van der Waals surface area contributed by atoms with Crippen LogP contribution in [0.3, 0.4) is 0 Å². The van der Waals surface area contributed by atoms with Crippen molar-refractivity contribution in [2.45, 2.75) is 26.3 Å². The normalized spacial score (nSPS) is 17.7. The number of H-pyrrole nitrogens is 1. The number of nitrogens with zero attached hydrogens (tertiary/aromatic N) is 2. The van der Waals surface area contributed by atoms with Crippen LogP contribution in [0.15, 0.2) is 16.6 Å². The molecule has 3 nitrogen and oxygen atoms in total. The summed E-state index contributed by atoms with van der Waals surface area (Å²) in [6, 6.07) is 3.32. The van der Waals surface area contributed by atoms with Crippen molar-refractivity contribution in [1.82, 2.24) is 14.5 Å². The van der Waals surface area contributed by atoms with E-state index < -0.39 is 0 Å². The van der Waals surface area contributed by atoms with Gasteiger partial charge in [-0.1, -0.05) is 6.92 Å². The van der Waals surface area contributed by atoms with E-state index in [0.717, 1.165) is 37.2 Å². The van der Waals surface area contributed by atoms with Gasteiger partial charge in [-0.05, 0) is 72.6 Å². The Balaban J connectivity index is 1.86. The first-order chi connectivity index (χ1) is 10.1. The first-order valence-electron chi connectivity index (χ1n) is 7.38. The van der Waals surface area contributed by atoms with Crippen LogP contribution < -0.4 is 0 Å². The average Bonchev–Trinajstić information content (AvgIpc) is 2.76. The summed E-state index contributed by atoms with van der Waals surface area (Å²) in [6.07, 6.45) is 2.36. The van der Waals surface area contributed by atoms with E-state index in [0.29, 0.717) is 15.2 Å². The molecule has 0 unspecified atom stereocenters. The molecule has 1 aromatic carbocycles. The lowest BCUT2D eigenvalue weighted by atomic mass is 9.97. The highest BCUT2D eigenvalue weighted by Gasteiger charge is 2.20. The number of piperidine rings is 1. The maximum atomic E-state index is 13.8. The molecule has 0 aliphatic carbocycles. The highest BCUT2D eigenvalue weighted by Crippen LogP contribution is 2.26. The third-order valence-corrected chi connectivity index (χ3v) is 5.34. The summed E-state index contributed by atoms with van der Waals surface area (Å²) < 4.78 is 17.0. The molecule has 2 aromatic rings. The van der Waals surface area contributed by atoms with Crippen molar-refractivity contribution >= 4 is 39.2 Å². The Hall–Kier alpha value is -0.720. The van der Waals surface area contributed by atoms with E-state index in [9.17, 15) is 4.39 Å². The molecule has 1 aliphatic rings.